The Morgan fingerprint density at radius 3 is 2.75 bits per heavy atom. The number of benzene rings is 1. The van der Waals surface area contributed by atoms with Crippen molar-refractivity contribution in [2.45, 2.75) is 26.7 Å². The number of aryl methyl sites for hydroxylation is 1. The Labute approximate surface area is 167 Å². The predicted molar refractivity (Wildman–Crippen MR) is 107 cm³/mol. The summed E-state index contributed by atoms with van der Waals surface area (Å²) in [6, 6.07) is 7.44. The molecule has 1 aliphatic rings. The summed E-state index contributed by atoms with van der Waals surface area (Å²) in [6.07, 6.45) is 1.47. The maximum Gasteiger partial charge on any atom is 0.357 e. The minimum absolute atomic E-state index is 0.0589. The molecule has 3 rings (SSSR count). The molecule has 8 heteroatoms. The first-order chi connectivity index (χ1) is 13.5. The summed E-state index contributed by atoms with van der Waals surface area (Å²) >= 11 is 1.18. The second kappa shape index (κ2) is 8.97. The number of rotatable bonds is 5. The van der Waals surface area contributed by atoms with Crippen LogP contribution in [-0.4, -0.2) is 47.4 Å². The largest absolute Gasteiger partial charge is 0.461 e. The van der Waals surface area contributed by atoms with E-state index in [-0.39, 0.29) is 30.0 Å². The lowest BCUT2D eigenvalue weighted by molar-refractivity contribution is -0.121. The molecule has 2 amide bonds. The fourth-order valence-corrected chi connectivity index (χ4v) is 3.77. The summed E-state index contributed by atoms with van der Waals surface area (Å²) in [4.78, 5) is 42.8. The molecule has 1 aromatic heterocycles. The number of aromatic nitrogens is 1. The van der Waals surface area contributed by atoms with Gasteiger partial charge in [0.1, 0.15) is 0 Å². The van der Waals surface area contributed by atoms with E-state index in [1.807, 2.05) is 31.2 Å². The maximum absolute atomic E-state index is 12.7. The third-order valence-electron chi connectivity index (χ3n) is 4.60. The molecular weight excluding hydrogens is 378 g/mol. The van der Waals surface area contributed by atoms with Gasteiger partial charge in [-0.05, 0) is 38.8 Å². The lowest BCUT2D eigenvalue weighted by atomic mass is 9.96. The summed E-state index contributed by atoms with van der Waals surface area (Å²) in [7, 11) is 0. The Kier molecular flexibility index (Phi) is 6.41. The zero-order valence-corrected chi connectivity index (χ0v) is 16.8. The first-order valence-corrected chi connectivity index (χ1v) is 10.2. The number of carbonyl (C=O) groups is 3. The summed E-state index contributed by atoms with van der Waals surface area (Å²) in [5, 5.41) is 4.67. The Bertz CT molecular complexity index is 863. The molecule has 7 nitrogen and oxygen atoms in total. The maximum atomic E-state index is 12.7. The van der Waals surface area contributed by atoms with E-state index in [0.717, 1.165) is 12.0 Å². The molecule has 148 valence electrons. The number of nitrogens with one attached hydrogen (secondary N) is 1. The van der Waals surface area contributed by atoms with Crippen molar-refractivity contribution in [3.05, 3.63) is 46.5 Å². The second-order valence-electron chi connectivity index (χ2n) is 6.70. The summed E-state index contributed by atoms with van der Waals surface area (Å²) in [5.74, 6) is -1.06. The van der Waals surface area contributed by atoms with E-state index in [1.165, 1.54) is 11.3 Å². The number of hydrogen-bond acceptors (Lipinski definition) is 6. The van der Waals surface area contributed by atoms with Crippen molar-refractivity contribution < 1.29 is 19.1 Å². The molecule has 0 bridgehead atoms. The molecule has 1 aromatic carbocycles. The normalized spacial score (nSPS) is 16.5. The number of ether oxygens (including phenoxy) is 1. The van der Waals surface area contributed by atoms with Gasteiger partial charge in [-0.25, -0.2) is 9.78 Å². The van der Waals surface area contributed by atoms with Gasteiger partial charge in [0, 0.05) is 24.0 Å². The van der Waals surface area contributed by atoms with Crippen LogP contribution in [0.25, 0.3) is 0 Å². The average Bonchev–Trinajstić information content (AvgIpc) is 3.17. The molecule has 1 N–H and O–H groups in total. The molecule has 0 unspecified atom stereocenters. The van der Waals surface area contributed by atoms with Gasteiger partial charge < -0.3 is 15.0 Å². The van der Waals surface area contributed by atoms with Gasteiger partial charge in [-0.1, -0.05) is 17.7 Å². The Balaban J connectivity index is 1.60. The van der Waals surface area contributed by atoms with Crippen LogP contribution >= 0.6 is 11.3 Å². The third-order valence-corrected chi connectivity index (χ3v) is 5.35. The lowest BCUT2D eigenvalue weighted by Crippen LogP contribution is -2.43. The molecule has 2 heterocycles. The molecule has 28 heavy (non-hydrogen) atoms. The molecular formula is C20H23N3O4S. The van der Waals surface area contributed by atoms with Crippen LogP contribution in [0.2, 0.25) is 0 Å². The SMILES string of the molecule is CCOC(=O)c1csc(NC(=O)[C@H]2CCCN(C(=O)c3ccc(C)cc3)C2)n1. The van der Waals surface area contributed by atoms with Gasteiger partial charge in [0.25, 0.3) is 5.91 Å². The highest BCUT2D eigenvalue weighted by atomic mass is 32.1. The molecule has 2 aromatic rings. The van der Waals surface area contributed by atoms with E-state index < -0.39 is 5.97 Å². The molecule has 0 aliphatic carbocycles. The lowest BCUT2D eigenvalue weighted by Gasteiger charge is -2.32. The van der Waals surface area contributed by atoms with Crippen molar-refractivity contribution in [3.8, 4) is 0 Å². The number of likely N-dealkylation sites (tertiary alicyclic amines) is 1. The Morgan fingerprint density at radius 1 is 1.29 bits per heavy atom. The smallest absolute Gasteiger partial charge is 0.357 e. The number of anilines is 1. The number of piperidine rings is 1. The summed E-state index contributed by atoms with van der Waals surface area (Å²) < 4.78 is 4.90. The molecule has 0 saturated carbocycles. The van der Waals surface area contributed by atoms with Crippen LogP contribution in [0.4, 0.5) is 5.13 Å². The number of hydrogen-bond donors (Lipinski definition) is 1. The quantitative estimate of drug-likeness (QED) is 0.778. The van der Waals surface area contributed by atoms with E-state index in [9.17, 15) is 14.4 Å². The topological polar surface area (TPSA) is 88.6 Å². The first-order valence-electron chi connectivity index (χ1n) is 9.27. The van der Waals surface area contributed by atoms with Crippen molar-refractivity contribution in [1.82, 2.24) is 9.88 Å². The highest BCUT2D eigenvalue weighted by molar-refractivity contribution is 7.14. The molecule has 1 fully saturated rings. The van der Waals surface area contributed by atoms with E-state index in [4.69, 9.17) is 4.74 Å². The molecule has 0 spiro atoms. The minimum Gasteiger partial charge on any atom is -0.461 e. The minimum atomic E-state index is -0.508. The average molecular weight is 401 g/mol. The van der Waals surface area contributed by atoms with Crippen molar-refractivity contribution >= 4 is 34.3 Å². The van der Waals surface area contributed by atoms with E-state index >= 15 is 0 Å². The molecule has 1 atom stereocenters. The summed E-state index contributed by atoms with van der Waals surface area (Å²) in [6.45, 7) is 4.97. The van der Waals surface area contributed by atoms with Crippen molar-refractivity contribution in [1.29, 1.82) is 0 Å². The predicted octanol–water partition coefficient (Wildman–Crippen LogP) is 3.12. The van der Waals surface area contributed by atoms with Gasteiger partial charge in [0.2, 0.25) is 5.91 Å². The third kappa shape index (κ3) is 4.75. The Morgan fingerprint density at radius 2 is 2.04 bits per heavy atom. The van der Waals surface area contributed by atoms with Crippen LogP contribution in [0.5, 0.6) is 0 Å². The second-order valence-corrected chi connectivity index (χ2v) is 7.56. The zero-order valence-electron chi connectivity index (χ0n) is 15.9. The van der Waals surface area contributed by atoms with Gasteiger partial charge in [0.15, 0.2) is 10.8 Å². The Hall–Kier alpha value is -2.74. The van der Waals surface area contributed by atoms with Crippen LogP contribution in [-0.2, 0) is 9.53 Å². The number of esters is 1. The fraction of sp³-hybridized carbons (Fsp3) is 0.400. The summed E-state index contributed by atoms with van der Waals surface area (Å²) in [5.41, 5.74) is 1.91. The fourth-order valence-electron chi connectivity index (χ4n) is 3.09. The van der Waals surface area contributed by atoms with E-state index in [0.29, 0.717) is 30.2 Å². The highest BCUT2D eigenvalue weighted by Crippen LogP contribution is 2.22. The number of nitrogens with zero attached hydrogens (tertiary/aromatic N) is 2. The number of thiazole rings is 1. The van der Waals surface area contributed by atoms with Gasteiger partial charge >= 0.3 is 5.97 Å². The van der Waals surface area contributed by atoms with Crippen LogP contribution in [0.1, 0.15) is 46.2 Å². The standard InChI is InChI=1S/C20H23N3O4S/c1-3-27-19(26)16-12-28-20(21-16)22-17(24)15-5-4-10-23(11-15)18(25)14-8-6-13(2)7-9-14/h6-9,12,15H,3-5,10-11H2,1-2H3,(H,21,22,24)/t15-/m0/s1. The van der Waals surface area contributed by atoms with Crippen molar-refractivity contribution in [2.24, 2.45) is 5.92 Å². The van der Waals surface area contributed by atoms with Gasteiger partial charge in [0.05, 0.1) is 12.5 Å². The molecule has 1 saturated heterocycles. The van der Waals surface area contributed by atoms with E-state index in [1.54, 1.807) is 17.2 Å². The van der Waals surface area contributed by atoms with Gasteiger partial charge in [-0.2, -0.15) is 0 Å². The number of amides is 2. The molecule has 1 aliphatic heterocycles. The molecule has 0 radical (unpaired) electrons. The van der Waals surface area contributed by atoms with E-state index in [2.05, 4.69) is 10.3 Å². The van der Waals surface area contributed by atoms with Gasteiger partial charge in [-0.15, -0.1) is 11.3 Å². The van der Waals surface area contributed by atoms with Crippen LogP contribution in [0.3, 0.4) is 0 Å². The van der Waals surface area contributed by atoms with Crippen molar-refractivity contribution in [2.75, 3.05) is 25.0 Å². The van der Waals surface area contributed by atoms with Crippen LogP contribution in [0.15, 0.2) is 29.6 Å². The first kappa shape index (κ1) is 20.0. The highest BCUT2D eigenvalue weighted by Gasteiger charge is 2.29. The van der Waals surface area contributed by atoms with Crippen LogP contribution < -0.4 is 5.32 Å². The zero-order chi connectivity index (χ0) is 20.1. The van der Waals surface area contributed by atoms with Gasteiger partial charge in [-0.3, -0.25) is 9.59 Å². The number of carbonyl (C=O) groups excluding carboxylic acids is 3. The van der Waals surface area contributed by atoms with Crippen LogP contribution in [0, 0.1) is 12.8 Å². The monoisotopic (exact) mass is 401 g/mol. The van der Waals surface area contributed by atoms with Crippen molar-refractivity contribution in [3.63, 3.8) is 0 Å².